The topological polar surface area (TPSA) is 54.8 Å². The lowest BCUT2D eigenvalue weighted by Gasteiger charge is -2.30. The molecule has 1 saturated heterocycles. The second-order valence-electron chi connectivity index (χ2n) is 10.3. The summed E-state index contributed by atoms with van der Waals surface area (Å²) in [5.74, 6) is 1.15. The first-order valence-electron chi connectivity index (χ1n) is 13.0. The normalized spacial score (nSPS) is 16.1. The number of hydrogen-bond donors (Lipinski definition) is 0. The fraction of sp³-hybridized carbons (Fsp3) is 0.400. The van der Waals surface area contributed by atoms with Gasteiger partial charge in [0.15, 0.2) is 0 Å². The number of nitrogens with zero attached hydrogens (tertiary/aromatic N) is 3. The summed E-state index contributed by atoms with van der Waals surface area (Å²) < 4.78 is 7.67. The number of carbonyl (C=O) groups excluding carboxylic acids is 2. The van der Waals surface area contributed by atoms with Crippen molar-refractivity contribution in [3.05, 3.63) is 77.2 Å². The molecule has 3 aromatic rings. The summed E-state index contributed by atoms with van der Waals surface area (Å²) in [6.07, 6.45) is 4.54. The summed E-state index contributed by atoms with van der Waals surface area (Å²) in [7, 11) is 0. The summed E-state index contributed by atoms with van der Waals surface area (Å²) >= 11 is 1.74. The first-order valence-corrected chi connectivity index (χ1v) is 14.2. The van der Waals surface area contributed by atoms with E-state index in [1.165, 1.54) is 16.2 Å². The van der Waals surface area contributed by atoms with Crippen LogP contribution < -0.4 is 0 Å². The molecule has 0 radical (unpaired) electrons. The van der Waals surface area contributed by atoms with Crippen molar-refractivity contribution < 1.29 is 14.3 Å². The lowest BCUT2D eigenvalue weighted by molar-refractivity contribution is 0.0697. The van der Waals surface area contributed by atoms with E-state index in [0.29, 0.717) is 30.3 Å². The Kier molecular flexibility index (Phi) is 7.33. The molecule has 3 heterocycles. The molecule has 7 heteroatoms. The van der Waals surface area contributed by atoms with Crippen LogP contribution in [0.1, 0.15) is 53.9 Å². The number of likely N-dealkylation sites (tertiary alicyclic amines) is 1. The van der Waals surface area contributed by atoms with Gasteiger partial charge in [-0.3, -0.25) is 4.79 Å². The van der Waals surface area contributed by atoms with Gasteiger partial charge in [0.05, 0.1) is 12.3 Å². The van der Waals surface area contributed by atoms with Crippen LogP contribution in [0.4, 0.5) is 4.79 Å². The Morgan fingerprint density at radius 2 is 1.78 bits per heavy atom. The van der Waals surface area contributed by atoms with Crippen LogP contribution >= 0.6 is 11.8 Å². The molecule has 0 saturated carbocycles. The van der Waals surface area contributed by atoms with Crippen LogP contribution in [-0.4, -0.2) is 52.3 Å². The second-order valence-corrected chi connectivity index (χ2v) is 11.2. The van der Waals surface area contributed by atoms with Crippen molar-refractivity contribution in [2.24, 2.45) is 5.92 Å². The van der Waals surface area contributed by atoms with Crippen LogP contribution in [0, 0.1) is 5.92 Å². The molecule has 37 heavy (non-hydrogen) atoms. The van der Waals surface area contributed by atoms with Crippen molar-refractivity contribution in [3.63, 3.8) is 0 Å². The third-order valence-electron chi connectivity index (χ3n) is 7.59. The van der Waals surface area contributed by atoms with E-state index in [-0.39, 0.29) is 12.0 Å². The van der Waals surface area contributed by atoms with Gasteiger partial charge in [-0.25, -0.2) is 4.79 Å². The first-order chi connectivity index (χ1) is 17.8. The molecule has 2 aromatic carbocycles. The van der Waals surface area contributed by atoms with E-state index < -0.39 is 0 Å². The minimum Gasteiger partial charge on any atom is -0.416 e. The Hall–Kier alpha value is -3.19. The van der Waals surface area contributed by atoms with Gasteiger partial charge in [0, 0.05) is 65.2 Å². The van der Waals surface area contributed by atoms with Gasteiger partial charge >= 0.3 is 6.09 Å². The van der Waals surface area contributed by atoms with Crippen molar-refractivity contribution in [2.75, 3.05) is 25.9 Å². The van der Waals surface area contributed by atoms with E-state index in [1.807, 2.05) is 17.0 Å². The molecule has 5 rings (SSSR count). The highest BCUT2D eigenvalue weighted by atomic mass is 32.2. The average Bonchev–Trinajstić information content (AvgIpc) is 3.21. The average molecular weight is 518 g/mol. The molecule has 2 amide bonds. The molecule has 1 aromatic heterocycles. The molecule has 0 atom stereocenters. The van der Waals surface area contributed by atoms with Crippen molar-refractivity contribution in [1.82, 2.24) is 14.4 Å². The van der Waals surface area contributed by atoms with E-state index in [0.717, 1.165) is 55.4 Å². The third kappa shape index (κ3) is 5.28. The molecule has 1 fully saturated rings. The maximum Gasteiger partial charge on any atom is 0.415 e. The van der Waals surface area contributed by atoms with E-state index in [4.69, 9.17) is 4.74 Å². The highest BCUT2D eigenvalue weighted by Gasteiger charge is 2.29. The van der Waals surface area contributed by atoms with Crippen molar-refractivity contribution in [2.45, 2.75) is 51.1 Å². The number of fused-ring (bicyclic) bond motifs is 3. The van der Waals surface area contributed by atoms with Crippen molar-refractivity contribution in [1.29, 1.82) is 0 Å². The Morgan fingerprint density at radius 1 is 1.05 bits per heavy atom. The lowest BCUT2D eigenvalue weighted by Crippen LogP contribution is -2.37. The molecule has 194 valence electrons. The summed E-state index contributed by atoms with van der Waals surface area (Å²) in [4.78, 5) is 31.0. The van der Waals surface area contributed by atoms with Crippen LogP contribution in [0.15, 0.2) is 59.7 Å². The van der Waals surface area contributed by atoms with Crippen molar-refractivity contribution >= 4 is 34.7 Å². The molecule has 0 N–H and O–H groups in total. The molecule has 0 unspecified atom stereocenters. The number of hydrogen-bond acceptors (Lipinski definition) is 4. The van der Waals surface area contributed by atoms with Crippen LogP contribution in [0.5, 0.6) is 0 Å². The Bertz CT molecular complexity index is 1340. The standard InChI is InChI=1S/C30H35N3O3S/c1-20(2)36-30(35)32-16-13-28-26(19-32)25-17-23(29(34)31-14-11-21(3)12-15-31)7-10-27(25)33(28)18-22-5-8-24(37-4)9-6-22/h5-10,17,21H,1,11-16,18-19H2,2-4H3. The fourth-order valence-electron chi connectivity index (χ4n) is 5.44. The number of benzene rings is 2. The zero-order chi connectivity index (χ0) is 26.1. The van der Waals surface area contributed by atoms with E-state index in [2.05, 4.69) is 54.7 Å². The van der Waals surface area contributed by atoms with Crippen LogP contribution in [-0.2, 0) is 24.2 Å². The Morgan fingerprint density at radius 3 is 2.46 bits per heavy atom. The van der Waals surface area contributed by atoms with Gasteiger partial charge in [-0.15, -0.1) is 11.8 Å². The molecule has 0 spiro atoms. The molecule has 0 aliphatic carbocycles. The zero-order valence-corrected chi connectivity index (χ0v) is 22.8. The quantitative estimate of drug-likeness (QED) is 0.294. The molecule has 0 bridgehead atoms. The Labute approximate surface area is 223 Å². The summed E-state index contributed by atoms with van der Waals surface area (Å²) in [6, 6.07) is 14.8. The van der Waals surface area contributed by atoms with Gasteiger partial charge in [-0.2, -0.15) is 0 Å². The number of amides is 2. The number of allylic oxidation sites excluding steroid dienone is 1. The summed E-state index contributed by atoms with van der Waals surface area (Å²) in [5.41, 5.74) is 5.36. The van der Waals surface area contributed by atoms with Gasteiger partial charge in [-0.1, -0.05) is 25.6 Å². The molecule has 2 aliphatic heterocycles. The van der Waals surface area contributed by atoms with Crippen LogP contribution in [0.25, 0.3) is 10.9 Å². The monoisotopic (exact) mass is 517 g/mol. The summed E-state index contributed by atoms with van der Waals surface area (Å²) in [6.45, 7) is 11.0. The number of thioether (sulfide) groups is 1. The smallest absolute Gasteiger partial charge is 0.415 e. The highest BCUT2D eigenvalue weighted by Crippen LogP contribution is 2.33. The SMILES string of the molecule is C=C(C)OC(=O)N1CCc2c(c3cc(C(=O)N4CCC(C)CC4)ccc3n2Cc2ccc(SC)cc2)C1. The largest absolute Gasteiger partial charge is 0.416 e. The van der Waals surface area contributed by atoms with Gasteiger partial charge in [-0.05, 0) is 67.8 Å². The van der Waals surface area contributed by atoms with Gasteiger partial charge in [0.2, 0.25) is 0 Å². The van der Waals surface area contributed by atoms with Gasteiger partial charge in [0.25, 0.3) is 5.91 Å². The minimum absolute atomic E-state index is 0.0947. The minimum atomic E-state index is -0.374. The zero-order valence-electron chi connectivity index (χ0n) is 22.0. The number of piperidine rings is 1. The predicted molar refractivity (Wildman–Crippen MR) is 149 cm³/mol. The fourth-order valence-corrected chi connectivity index (χ4v) is 5.85. The number of aromatic nitrogens is 1. The number of rotatable bonds is 5. The van der Waals surface area contributed by atoms with Gasteiger partial charge in [0.1, 0.15) is 0 Å². The van der Waals surface area contributed by atoms with E-state index in [9.17, 15) is 9.59 Å². The van der Waals surface area contributed by atoms with Crippen molar-refractivity contribution in [3.8, 4) is 0 Å². The first kappa shape index (κ1) is 25.5. The summed E-state index contributed by atoms with van der Waals surface area (Å²) in [5, 5.41) is 1.04. The Balaban J connectivity index is 1.52. The molecule has 2 aliphatic rings. The maximum absolute atomic E-state index is 13.4. The number of ether oxygens (including phenoxy) is 1. The van der Waals surface area contributed by atoms with Crippen LogP contribution in [0.2, 0.25) is 0 Å². The third-order valence-corrected chi connectivity index (χ3v) is 8.33. The molecular weight excluding hydrogens is 482 g/mol. The van der Waals surface area contributed by atoms with E-state index in [1.54, 1.807) is 23.6 Å². The maximum atomic E-state index is 13.4. The predicted octanol–water partition coefficient (Wildman–Crippen LogP) is 6.31. The van der Waals surface area contributed by atoms with Crippen LogP contribution in [0.3, 0.4) is 0 Å². The van der Waals surface area contributed by atoms with E-state index >= 15 is 0 Å². The van der Waals surface area contributed by atoms with Gasteiger partial charge < -0.3 is 19.1 Å². The lowest BCUT2D eigenvalue weighted by atomic mass is 9.98. The molecule has 6 nitrogen and oxygen atoms in total. The second kappa shape index (κ2) is 10.7. The highest BCUT2D eigenvalue weighted by molar-refractivity contribution is 7.98. The number of carbonyl (C=O) groups is 2. The molecular formula is C30H35N3O3S.